The second kappa shape index (κ2) is 9.39. The molecule has 1 aromatic rings. The van der Waals surface area contributed by atoms with E-state index >= 15 is 0 Å². The highest BCUT2D eigenvalue weighted by atomic mass is 35.5. The van der Waals surface area contributed by atoms with Crippen LogP contribution in [-0.4, -0.2) is 35.4 Å². The first-order valence-electron chi connectivity index (χ1n) is 10.4. The molecule has 6 nitrogen and oxygen atoms in total. The van der Waals surface area contributed by atoms with Crippen LogP contribution in [0.3, 0.4) is 0 Å². The predicted octanol–water partition coefficient (Wildman–Crippen LogP) is 4.00. The highest BCUT2D eigenvalue weighted by Crippen LogP contribution is 2.54. The minimum absolute atomic E-state index is 0. The molecule has 1 saturated heterocycles. The molecule has 3 rings (SSSR count). The number of aryl methyl sites for hydroxylation is 1. The molecule has 2 fully saturated rings. The fourth-order valence-electron chi connectivity index (χ4n) is 4.04. The number of hydrogen-bond donors (Lipinski definition) is 3. The smallest absolute Gasteiger partial charge is 0.355 e. The summed E-state index contributed by atoms with van der Waals surface area (Å²) < 4.78 is 38.8. The first-order valence-corrected chi connectivity index (χ1v) is 10.4. The molecule has 0 bridgehead atoms. The number of hydrogen-bond acceptors (Lipinski definition) is 4. The molecule has 1 aliphatic heterocycles. The van der Waals surface area contributed by atoms with E-state index in [9.17, 15) is 22.8 Å². The first-order chi connectivity index (χ1) is 14.4. The third-order valence-corrected chi connectivity index (χ3v) is 6.34. The van der Waals surface area contributed by atoms with Gasteiger partial charge in [-0.25, -0.2) is 4.98 Å². The quantitative estimate of drug-likeness (QED) is 0.497. The SMILES string of the molecule is C=CCCC(C)(C)C(=O)NC[C@@]12C[C@@H](C(=O)Nc3nc(C(F)(F)F)ccc3C)N[C@@H]1C2.Cl. The van der Waals surface area contributed by atoms with Crippen LogP contribution < -0.4 is 16.0 Å². The van der Waals surface area contributed by atoms with E-state index < -0.39 is 29.2 Å². The van der Waals surface area contributed by atoms with E-state index in [1.54, 1.807) is 13.0 Å². The normalized spacial score (nSPS) is 24.2. The van der Waals surface area contributed by atoms with Crippen molar-refractivity contribution >= 4 is 30.0 Å². The molecular weight excluding hydrogens is 445 g/mol. The van der Waals surface area contributed by atoms with Crippen molar-refractivity contribution in [2.24, 2.45) is 10.8 Å². The molecule has 32 heavy (non-hydrogen) atoms. The second-order valence-corrected chi connectivity index (χ2v) is 9.29. The fraction of sp³-hybridized carbons (Fsp3) is 0.591. The predicted molar refractivity (Wildman–Crippen MR) is 118 cm³/mol. The Hall–Kier alpha value is -2.13. The summed E-state index contributed by atoms with van der Waals surface area (Å²) in [4.78, 5) is 28.8. The number of piperidine rings is 1. The van der Waals surface area contributed by atoms with Crippen molar-refractivity contribution in [3.05, 3.63) is 36.0 Å². The van der Waals surface area contributed by atoms with Gasteiger partial charge in [0, 0.05) is 23.4 Å². The number of nitrogens with zero attached hydrogens (tertiary/aromatic N) is 1. The van der Waals surface area contributed by atoms with Gasteiger partial charge in [0.25, 0.3) is 0 Å². The molecule has 1 saturated carbocycles. The number of rotatable bonds is 8. The number of fused-ring (bicyclic) bond motifs is 1. The number of carbonyl (C=O) groups excluding carboxylic acids is 2. The average molecular weight is 475 g/mol. The van der Waals surface area contributed by atoms with Crippen molar-refractivity contribution in [3.8, 4) is 0 Å². The lowest BCUT2D eigenvalue weighted by molar-refractivity contribution is -0.141. The molecule has 1 aromatic heterocycles. The summed E-state index contributed by atoms with van der Waals surface area (Å²) in [6, 6.07) is 1.74. The van der Waals surface area contributed by atoms with Crippen LogP contribution in [0.4, 0.5) is 19.0 Å². The minimum Gasteiger partial charge on any atom is -0.355 e. The Balaban J connectivity index is 0.00000363. The van der Waals surface area contributed by atoms with E-state index in [4.69, 9.17) is 0 Å². The van der Waals surface area contributed by atoms with E-state index in [2.05, 4.69) is 27.5 Å². The Morgan fingerprint density at radius 2 is 2.00 bits per heavy atom. The number of pyridine rings is 1. The lowest BCUT2D eigenvalue weighted by Crippen LogP contribution is -2.40. The van der Waals surface area contributed by atoms with Gasteiger partial charge in [-0.3, -0.25) is 9.59 Å². The number of aromatic nitrogens is 1. The van der Waals surface area contributed by atoms with Crippen molar-refractivity contribution < 1.29 is 22.8 Å². The summed E-state index contributed by atoms with van der Waals surface area (Å²) in [5.74, 6) is -0.543. The molecule has 3 N–H and O–H groups in total. The van der Waals surface area contributed by atoms with Crippen molar-refractivity contribution in [3.63, 3.8) is 0 Å². The monoisotopic (exact) mass is 474 g/mol. The van der Waals surface area contributed by atoms with Gasteiger partial charge in [0.15, 0.2) is 0 Å². The molecule has 0 aromatic carbocycles. The van der Waals surface area contributed by atoms with Gasteiger partial charge >= 0.3 is 6.18 Å². The number of halogens is 4. The zero-order valence-electron chi connectivity index (χ0n) is 18.4. The number of amides is 2. The van der Waals surface area contributed by atoms with Crippen molar-refractivity contribution in [1.29, 1.82) is 0 Å². The summed E-state index contributed by atoms with van der Waals surface area (Å²) in [6.45, 7) is 9.52. The zero-order chi connectivity index (χ0) is 23.0. The van der Waals surface area contributed by atoms with E-state index in [-0.39, 0.29) is 35.6 Å². The summed E-state index contributed by atoms with van der Waals surface area (Å²) in [7, 11) is 0. The summed E-state index contributed by atoms with van der Waals surface area (Å²) >= 11 is 0. The number of anilines is 1. The molecule has 178 valence electrons. The van der Waals surface area contributed by atoms with Crippen LogP contribution in [0.5, 0.6) is 0 Å². The second-order valence-electron chi connectivity index (χ2n) is 9.29. The van der Waals surface area contributed by atoms with Crippen LogP contribution in [-0.2, 0) is 15.8 Å². The average Bonchev–Trinajstić information content (AvgIpc) is 3.24. The van der Waals surface area contributed by atoms with Crippen LogP contribution in [0.2, 0.25) is 0 Å². The third-order valence-electron chi connectivity index (χ3n) is 6.34. The van der Waals surface area contributed by atoms with Crippen LogP contribution in [0.15, 0.2) is 24.8 Å². The van der Waals surface area contributed by atoms with Gasteiger partial charge in [-0.15, -0.1) is 19.0 Å². The molecule has 0 radical (unpaired) electrons. The molecule has 2 aliphatic rings. The molecule has 2 amide bonds. The number of alkyl halides is 3. The van der Waals surface area contributed by atoms with Crippen LogP contribution in [0.25, 0.3) is 0 Å². The van der Waals surface area contributed by atoms with Crippen LogP contribution in [0.1, 0.15) is 50.8 Å². The van der Waals surface area contributed by atoms with Gasteiger partial charge in [-0.05, 0) is 44.2 Å². The van der Waals surface area contributed by atoms with Crippen molar-refractivity contribution in [2.45, 2.75) is 64.7 Å². The standard InChI is InChI=1S/C22H29F3N4O2.ClH/c1-5-6-9-20(3,4)19(31)26-12-21-10-14(27-16(21)11-21)18(30)29-17-13(2)7-8-15(28-17)22(23,24)25;/h5,7-8,14,16,27H,1,6,9-12H2,2-4H3,(H,26,31)(H,28,29,30);1H/t14-,16+,21-;/m0./s1. The van der Waals surface area contributed by atoms with E-state index in [1.807, 2.05) is 13.8 Å². The lowest BCUT2D eigenvalue weighted by atomic mass is 9.86. The maximum absolute atomic E-state index is 12.9. The summed E-state index contributed by atoms with van der Waals surface area (Å²) in [5, 5.41) is 8.77. The van der Waals surface area contributed by atoms with E-state index in [1.165, 1.54) is 6.07 Å². The van der Waals surface area contributed by atoms with E-state index in [0.717, 1.165) is 18.9 Å². The molecule has 2 heterocycles. The molecular formula is C22H30ClF3N4O2. The fourth-order valence-corrected chi connectivity index (χ4v) is 4.04. The highest BCUT2D eigenvalue weighted by Gasteiger charge is 2.61. The van der Waals surface area contributed by atoms with Crippen LogP contribution in [0, 0.1) is 17.8 Å². The van der Waals surface area contributed by atoms with Gasteiger partial charge in [0.2, 0.25) is 11.8 Å². The number of carbonyl (C=O) groups is 2. The maximum atomic E-state index is 12.9. The highest BCUT2D eigenvalue weighted by molar-refractivity contribution is 5.95. The van der Waals surface area contributed by atoms with E-state index in [0.29, 0.717) is 24.9 Å². The van der Waals surface area contributed by atoms with Gasteiger partial charge in [0.05, 0.1) is 6.04 Å². The van der Waals surface area contributed by atoms with Gasteiger partial charge in [-0.1, -0.05) is 26.0 Å². The zero-order valence-corrected chi connectivity index (χ0v) is 19.3. The van der Waals surface area contributed by atoms with Gasteiger partial charge in [-0.2, -0.15) is 13.2 Å². The Labute approximate surface area is 192 Å². The topological polar surface area (TPSA) is 83.1 Å². The minimum atomic E-state index is -4.58. The molecule has 0 spiro atoms. The lowest BCUT2D eigenvalue weighted by Gasteiger charge is -2.24. The molecule has 3 atom stereocenters. The number of nitrogens with one attached hydrogen (secondary N) is 3. The number of allylic oxidation sites excluding steroid dienone is 1. The Kier molecular flexibility index (Phi) is 7.67. The van der Waals surface area contributed by atoms with Gasteiger partial charge in [0.1, 0.15) is 11.5 Å². The maximum Gasteiger partial charge on any atom is 0.433 e. The van der Waals surface area contributed by atoms with Crippen molar-refractivity contribution in [1.82, 2.24) is 15.6 Å². The Morgan fingerprint density at radius 1 is 1.31 bits per heavy atom. The summed E-state index contributed by atoms with van der Waals surface area (Å²) in [6.07, 6.45) is 0.0179. The first kappa shape index (κ1) is 26.1. The summed E-state index contributed by atoms with van der Waals surface area (Å²) in [5.41, 5.74) is -1.30. The molecule has 0 unspecified atom stereocenters. The largest absolute Gasteiger partial charge is 0.433 e. The van der Waals surface area contributed by atoms with Crippen LogP contribution >= 0.6 is 12.4 Å². The van der Waals surface area contributed by atoms with Crippen molar-refractivity contribution in [2.75, 3.05) is 11.9 Å². The van der Waals surface area contributed by atoms with Gasteiger partial charge < -0.3 is 16.0 Å². The third kappa shape index (κ3) is 5.61. The Morgan fingerprint density at radius 3 is 2.62 bits per heavy atom. The molecule has 1 aliphatic carbocycles. The molecule has 10 heteroatoms. The Bertz CT molecular complexity index is 890.